The molecule has 0 saturated carbocycles. The molecule has 0 saturated heterocycles. The van der Waals surface area contributed by atoms with Crippen LogP contribution in [0.15, 0.2) is 41.8 Å². The van der Waals surface area contributed by atoms with Gasteiger partial charge < -0.3 is 5.11 Å². The number of halogens is 1. The lowest BCUT2D eigenvalue weighted by atomic mass is 10.1. The van der Waals surface area contributed by atoms with Crippen molar-refractivity contribution in [2.24, 2.45) is 0 Å². The van der Waals surface area contributed by atoms with Gasteiger partial charge in [-0.25, -0.2) is 0 Å². The molecule has 2 rings (SSSR count). The quantitative estimate of drug-likeness (QED) is 0.884. The molecule has 20 heavy (non-hydrogen) atoms. The maximum absolute atomic E-state index is 11.6. The number of thiophene rings is 1. The third kappa shape index (κ3) is 3.60. The van der Waals surface area contributed by atoms with E-state index >= 15 is 0 Å². The van der Waals surface area contributed by atoms with Gasteiger partial charge in [0.25, 0.3) is 0 Å². The van der Waals surface area contributed by atoms with Crippen molar-refractivity contribution in [1.29, 1.82) is 0 Å². The SMILES string of the molecule is CN(CCc1cccs1)C(C(=O)O)c1ccccc1Cl. The maximum atomic E-state index is 11.6. The van der Waals surface area contributed by atoms with E-state index in [1.807, 2.05) is 29.5 Å². The van der Waals surface area contributed by atoms with Gasteiger partial charge in [-0.05, 0) is 36.5 Å². The first kappa shape index (κ1) is 15.0. The standard InChI is InChI=1S/C15H16ClNO2S/c1-17(9-8-11-5-4-10-20-11)14(15(18)19)12-6-2-3-7-13(12)16/h2-7,10,14H,8-9H2,1H3,(H,18,19). The Hall–Kier alpha value is -1.36. The highest BCUT2D eigenvalue weighted by molar-refractivity contribution is 7.09. The van der Waals surface area contributed by atoms with E-state index in [4.69, 9.17) is 11.6 Å². The van der Waals surface area contributed by atoms with Crippen LogP contribution in [0.2, 0.25) is 5.02 Å². The van der Waals surface area contributed by atoms with E-state index in [1.54, 1.807) is 29.5 Å². The predicted molar refractivity (Wildman–Crippen MR) is 82.5 cm³/mol. The molecule has 0 aliphatic rings. The van der Waals surface area contributed by atoms with Crippen LogP contribution < -0.4 is 0 Å². The molecule has 0 fully saturated rings. The van der Waals surface area contributed by atoms with Crippen molar-refractivity contribution in [3.8, 4) is 0 Å². The van der Waals surface area contributed by atoms with Gasteiger partial charge in [-0.15, -0.1) is 11.3 Å². The molecular formula is C15H16ClNO2S. The summed E-state index contributed by atoms with van der Waals surface area (Å²) < 4.78 is 0. The number of rotatable bonds is 6. The summed E-state index contributed by atoms with van der Waals surface area (Å²) in [6, 6.07) is 10.4. The summed E-state index contributed by atoms with van der Waals surface area (Å²) in [5, 5.41) is 12.0. The van der Waals surface area contributed by atoms with Crippen LogP contribution in [0, 0.1) is 0 Å². The Bertz CT molecular complexity index is 571. The minimum absolute atomic E-state index is 0.489. The number of carboxylic acid groups (broad SMARTS) is 1. The summed E-state index contributed by atoms with van der Waals surface area (Å²) in [5.41, 5.74) is 0.635. The summed E-state index contributed by atoms with van der Waals surface area (Å²) in [4.78, 5) is 14.6. The molecule has 2 aromatic rings. The fraction of sp³-hybridized carbons (Fsp3) is 0.267. The van der Waals surface area contributed by atoms with Crippen LogP contribution in [-0.2, 0) is 11.2 Å². The number of hydrogen-bond acceptors (Lipinski definition) is 3. The highest BCUT2D eigenvalue weighted by Gasteiger charge is 2.26. The van der Waals surface area contributed by atoms with Gasteiger partial charge in [0.15, 0.2) is 0 Å². The number of benzene rings is 1. The summed E-state index contributed by atoms with van der Waals surface area (Å²) in [6.45, 7) is 0.669. The van der Waals surface area contributed by atoms with Crippen molar-refractivity contribution in [3.05, 3.63) is 57.2 Å². The summed E-state index contributed by atoms with van der Waals surface area (Å²) >= 11 is 7.80. The van der Waals surface area contributed by atoms with Crippen LogP contribution in [-0.4, -0.2) is 29.6 Å². The molecule has 5 heteroatoms. The number of carbonyl (C=O) groups is 1. The number of carboxylic acids is 1. The average Bonchev–Trinajstić information content (AvgIpc) is 2.92. The van der Waals surface area contributed by atoms with Gasteiger partial charge >= 0.3 is 5.97 Å². The molecule has 0 radical (unpaired) electrons. The fourth-order valence-corrected chi connectivity index (χ4v) is 3.06. The van der Waals surface area contributed by atoms with Gasteiger partial charge in [-0.1, -0.05) is 35.9 Å². The largest absolute Gasteiger partial charge is 0.480 e. The Morgan fingerprint density at radius 1 is 1.35 bits per heavy atom. The van der Waals surface area contributed by atoms with E-state index in [9.17, 15) is 9.90 Å². The number of likely N-dealkylation sites (N-methyl/N-ethyl adjacent to an activating group) is 1. The Morgan fingerprint density at radius 2 is 2.10 bits per heavy atom. The highest BCUT2D eigenvalue weighted by Crippen LogP contribution is 2.27. The first-order chi connectivity index (χ1) is 9.59. The first-order valence-corrected chi connectivity index (χ1v) is 7.55. The second-order valence-corrected chi connectivity index (χ2v) is 6.01. The molecule has 1 unspecified atom stereocenters. The maximum Gasteiger partial charge on any atom is 0.325 e. The normalized spacial score (nSPS) is 12.6. The zero-order valence-electron chi connectivity index (χ0n) is 11.1. The van der Waals surface area contributed by atoms with E-state index in [-0.39, 0.29) is 0 Å². The molecule has 1 heterocycles. The number of hydrogen-bond donors (Lipinski definition) is 1. The van der Waals surface area contributed by atoms with Crippen molar-refractivity contribution in [1.82, 2.24) is 4.90 Å². The predicted octanol–water partition coefficient (Wildman–Crippen LogP) is 3.70. The van der Waals surface area contributed by atoms with Gasteiger partial charge in [-0.2, -0.15) is 0 Å². The lowest BCUT2D eigenvalue weighted by Crippen LogP contribution is -2.32. The molecule has 1 atom stereocenters. The second-order valence-electron chi connectivity index (χ2n) is 4.57. The Labute approximate surface area is 127 Å². The topological polar surface area (TPSA) is 40.5 Å². The summed E-state index contributed by atoms with van der Waals surface area (Å²) in [5.74, 6) is -0.883. The van der Waals surface area contributed by atoms with Crippen molar-refractivity contribution >= 4 is 28.9 Å². The molecule has 106 valence electrons. The molecule has 0 spiro atoms. The van der Waals surface area contributed by atoms with Gasteiger partial charge in [0, 0.05) is 16.4 Å². The second kappa shape index (κ2) is 6.88. The third-order valence-corrected chi connectivity index (χ3v) is 4.45. The Morgan fingerprint density at radius 3 is 2.70 bits per heavy atom. The van der Waals surface area contributed by atoms with E-state index in [1.165, 1.54) is 4.88 Å². The van der Waals surface area contributed by atoms with Crippen LogP contribution >= 0.6 is 22.9 Å². The van der Waals surface area contributed by atoms with Crippen LogP contribution in [0.3, 0.4) is 0 Å². The Kier molecular flexibility index (Phi) is 5.17. The van der Waals surface area contributed by atoms with Gasteiger partial charge in [0.1, 0.15) is 6.04 Å². The zero-order valence-corrected chi connectivity index (χ0v) is 12.7. The van der Waals surface area contributed by atoms with E-state index in [0.29, 0.717) is 17.1 Å². The smallest absolute Gasteiger partial charge is 0.325 e. The summed E-state index contributed by atoms with van der Waals surface area (Å²) in [6.07, 6.45) is 0.836. The van der Waals surface area contributed by atoms with Crippen LogP contribution in [0.4, 0.5) is 0 Å². The van der Waals surface area contributed by atoms with Crippen molar-refractivity contribution in [3.63, 3.8) is 0 Å². The molecule has 3 nitrogen and oxygen atoms in total. The molecule has 0 bridgehead atoms. The molecular weight excluding hydrogens is 294 g/mol. The van der Waals surface area contributed by atoms with Crippen molar-refractivity contribution in [2.45, 2.75) is 12.5 Å². The number of aliphatic carboxylic acids is 1. The van der Waals surface area contributed by atoms with E-state index < -0.39 is 12.0 Å². The molecule has 0 amide bonds. The summed E-state index contributed by atoms with van der Waals surface area (Å²) in [7, 11) is 1.82. The molecule has 1 aromatic heterocycles. The first-order valence-electron chi connectivity index (χ1n) is 6.29. The Balaban J connectivity index is 2.12. The van der Waals surface area contributed by atoms with Gasteiger partial charge in [0.2, 0.25) is 0 Å². The van der Waals surface area contributed by atoms with E-state index in [0.717, 1.165) is 6.42 Å². The molecule has 1 aromatic carbocycles. The van der Waals surface area contributed by atoms with Crippen LogP contribution in [0.25, 0.3) is 0 Å². The van der Waals surface area contributed by atoms with Crippen LogP contribution in [0.5, 0.6) is 0 Å². The van der Waals surface area contributed by atoms with Gasteiger partial charge in [-0.3, -0.25) is 9.69 Å². The minimum Gasteiger partial charge on any atom is -0.480 e. The monoisotopic (exact) mass is 309 g/mol. The fourth-order valence-electron chi connectivity index (χ4n) is 2.13. The molecule has 0 aliphatic heterocycles. The van der Waals surface area contributed by atoms with Crippen molar-refractivity contribution in [2.75, 3.05) is 13.6 Å². The van der Waals surface area contributed by atoms with E-state index in [2.05, 4.69) is 6.07 Å². The molecule has 0 aliphatic carbocycles. The highest BCUT2D eigenvalue weighted by atomic mass is 35.5. The minimum atomic E-state index is -0.883. The zero-order chi connectivity index (χ0) is 14.5. The lowest BCUT2D eigenvalue weighted by Gasteiger charge is -2.25. The van der Waals surface area contributed by atoms with Crippen LogP contribution in [0.1, 0.15) is 16.5 Å². The lowest BCUT2D eigenvalue weighted by molar-refractivity contribution is -0.143. The van der Waals surface area contributed by atoms with Gasteiger partial charge in [0.05, 0.1) is 0 Å². The average molecular weight is 310 g/mol. The molecule has 1 N–H and O–H groups in total. The van der Waals surface area contributed by atoms with Crippen molar-refractivity contribution < 1.29 is 9.90 Å². The third-order valence-electron chi connectivity index (χ3n) is 3.17. The number of nitrogens with zero attached hydrogens (tertiary/aromatic N) is 1.